The van der Waals surface area contributed by atoms with E-state index in [1.165, 1.54) is 0 Å². The summed E-state index contributed by atoms with van der Waals surface area (Å²) in [5, 5.41) is 7.93. The smallest absolute Gasteiger partial charge is 0.319 e. The molecule has 0 spiro atoms. The largest absolute Gasteiger partial charge is 0.491 e. The third-order valence-electron chi connectivity index (χ3n) is 5.27. The van der Waals surface area contributed by atoms with Gasteiger partial charge in [-0.1, -0.05) is 55.8 Å². The average molecular weight is 417 g/mol. The van der Waals surface area contributed by atoms with Crippen molar-refractivity contribution < 1.29 is 9.53 Å². The van der Waals surface area contributed by atoms with Crippen molar-refractivity contribution in [2.24, 2.45) is 0 Å². The SMILES string of the molecule is CCCCNC(=O)Nc1c(OCCCn2cnc3ccccc32)ccc2ccccc12. The molecule has 1 aromatic heterocycles. The first kappa shape index (κ1) is 20.7. The molecule has 6 heteroatoms. The number of imidazole rings is 1. The Kier molecular flexibility index (Phi) is 6.67. The molecule has 0 radical (unpaired) electrons. The third-order valence-corrected chi connectivity index (χ3v) is 5.27. The van der Waals surface area contributed by atoms with Crippen LogP contribution in [-0.4, -0.2) is 28.7 Å². The monoisotopic (exact) mass is 416 g/mol. The van der Waals surface area contributed by atoms with E-state index in [4.69, 9.17) is 4.74 Å². The summed E-state index contributed by atoms with van der Waals surface area (Å²) in [4.78, 5) is 16.8. The Hall–Kier alpha value is -3.54. The first-order valence-electron chi connectivity index (χ1n) is 10.9. The van der Waals surface area contributed by atoms with Gasteiger partial charge in [0.2, 0.25) is 0 Å². The number of aromatic nitrogens is 2. The number of fused-ring (bicyclic) bond motifs is 2. The summed E-state index contributed by atoms with van der Waals surface area (Å²) >= 11 is 0. The van der Waals surface area contributed by atoms with Gasteiger partial charge in [-0.2, -0.15) is 0 Å². The maximum Gasteiger partial charge on any atom is 0.319 e. The van der Waals surface area contributed by atoms with Gasteiger partial charge in [0.25, 0.3) is 0 Å². The fourth-order valence-corrected chi connectivity index (χ4v) is 3.64. The highest BCUT2D eigenvalue weighted by atomic mass is 16.5. The number of hydrogen-bond donors (Lipinski definition) is 2. The van der Waals surface area contributed by atoms with E-state index in [0.29, 0.717) is 24.6 Å². The van der Waals surface area contributed by atoms with Crippen LogP contribution in [0.2, 0.25) is 0 Å². The van der Waals surface area contributed by atoms with Gasteiger partial charge in [-0.05, 0) is 36.4 Å². The number of carbonyl (C=O) groups excluding carboxylic acids is 1. The second kappa shape index (κ2) is 9.98. The van der Waals surface area contributed by atoms with Gasteiger partial charge in [0, 0.05) is 18.5 Å². The van der Waals surface area contributed by atoms with Crippen molar-refractivity contribution in [3.05, 3.63) is 67.0 Å². The van der Waals surface area contributed by atoms with Gasteiger partial charge in [-0.3, -0.25) is 0 Å². The number of rotatable bonds is 9. The van der Waals surface area contributed by atoms with Crippen molar-refractivity contribution in [1.82, 2.24) is 14.9 Å². The van der Waals surface area contributed by atoms with Crippen molar-refractivity contribution in [2.75, 3.05) is 18.5 Å². The van der Waals surface area contributed by atoms with E-state index in [-0.39, 0.29) is 6.03 Å². The van der Waals surface area contributed by atoms with E-state index >= 15 is 0 Å². The Morgan fingerprint density at radius 2 is 1.87 bits per heavy atom. The number of para-hydroxylation sites is 2. The van der Waals surface area contributed by atoms with Crippen molar-refractivity contribution in [1.29, 1.82) is 0 Å². The highest BCUT2D eigenvalue weighted by Gasteiger charge is 2.12. The summed E-state index contributed by atoms with van der Waals surface area (Å²) < 4.78 is 8.24. The summed E-state index contributed by atoms with van der Waals surface area (Å²) in [6.45, 7) is 4.11. The summed E-state index contributed by atoms with van der Waals surface area (Å²) in [5.74, 6) is 0.680. The fraction of sp³-hybridized carbons (Fsp3) is 0.280. The Balaban J connectivity index is 1.44. The number of aryl methyl sites for hydroxylation is 1. The van der Waals surface area contributed by atoms with Crippen LogP contribution in [0.3, 0.4) is 0 Å². The highest BCUT2D eigenvalue weighted by molar-refractivity contribution is 6.04. The zero-order valence-corrected chi connectivity index (χ0v) is 17.8. The zero-order chi connectivity index (χ0) is 21.5. The van der Waals surface area contributed by atoms with Crippen LogP contribution in [0.5, 0.6) is 5.75 Å². The minimum atomic E-state index is -0.209. The Labute approximate surface area is 182 Å². The Morgan fingerprint density at radius 1 is 1.03 bits per heavy atom. The van der Waals surface area contributed by atoms with E-state index in [1.807, 2.05) is 60.9 Å². The van der Waals surface area contributed by atoms with Crippen LogP contribution in [0.4, 0.5) is 10.5 Å². The summed E-state index contributed by atoms with van der Waals surface area (Å²) in [5.41, 5.74) is 2.83. The van der Waals surface area contributed by atoms with E-state index in [0.717, 1.165) is 47.6 Å². The maximum atomic E-state index is 12.4. The van der Waals surface area contributed by atoms with Gasteiger partial charge < -0.3 is 19.9 Å². The minimum absolute atomic E-state index is 0.209. The molecule has 0 aliphatic carbocycles. The lowest BCUT2D eigenvalue weighted by Gasteiger charge is -2.16. The van der Waals surface area contributed by atoms with Gasteiger partial charge in [0.05, 0.1) is 29.7 Å². The molecule has 6 nitrogen and oxygen atoms in total. The molecule has 3 aromatic carbocycles. The molecule has 4 rings (SSSR count). The molecule has 31 heavy (non-hydrogen) atoms. The summed E-state index contributed by atoms with van der Waals surface area (Å²) in [7, 11) is 0. The Bertz CT molecular complexity index is 1170. The molecular formula is C25H28N4O2. The van der Waals surface area contributed by atoms with E-state index in [1.54, 1.807) is 0 Å². The van der Waals surface area contributed by atoms with Gasteiger partial charge >= 0.3 is 6.03 Å². The molecule has 4 aromatic rings. The molecule has 0 saturated carbocycles. The van der Waals surface area contributed by atoms with Crippen molar-refractivity contribution in [3.63, 3.8) is 0 Å². The van der Waals surface area contributed by atoms with Crippen LogP contribution in [0.1, 0.15) is 26.2 Å². The van der Waals surface area contributed by atoms with Crippen LogP contribution >= 0.6 is 0 Å². The molecule has 1 heterocycles. The number of carbonyl (C=O) groups is 1. The summed E-state index contributed by atoms with van der Waals surface area (Å²) in [6.07, 6.45) is 4.69. The number of ether oxygens (including phenoxy) is 1. The van der Waals surface area contributed by atoms with Crippen LogP contribution in [0, 0.1) is 0 Å². The molecule has 0 atom stereocenters. The lowest BCUT2D eigenvalue weighted by molar-refractivity contribution is 0.251. The third kappa shape index (κ3) is 4.97. The molecule has 0 aliphatic rings. The van der Waals surface area contributed by atoms with Crippen LogP contribution in [-0.2, 0) is 6.54 Å². The molecular weight excluding hydrogens is 388 g/mol. The molecule has 0 aliphatic heterocycles. The Morgan fingerprint density at radius 3 is 2.77 bits per heavy atom. The molecule has 0 bridgehead atoms. The number of unbranched alkanes of at least 4 members (excludes halogenated alkanes) is 1. The second-order valence-electron chi connectivity index (χ2n) is 7.52. The highest BCUT2D eigenvalue weighted by Crippen LogP contribution is 2.33. The number of nitrogens with one attached hydrogen (secondary N) is 2. The molecule has 0 fully saturated rings. The summed E-state index contributed by atoms with van der Waals surface area (Å²) in [6, 6.07) is 19.8. The lowest BCUT2D eigenvalue weighted by atomic mass is 10.1. The number of benzene rings is 3. The number of hydrogen-bond acceptors (Lipinski definition) is 3. The van der Waals surface area contributed by atoms with Crippen molar-refractivity contribution in [3.8, 4) is 5.75 Å². The van der Waals surface area contributed by atoms with Crippen LogP contribution < -0.4 is 15.4 Å². The molecule has 2 N–H and O–H groups in total. The predicted octanol–water partition coefficient (Wildman–Crippen LogP) is 5.58. The van der Waals surface area contributed by atoms with Crippen molar-refractivity contribution >= 4 is 33.5 Å². The molecule has 160 valence electrons. The quantitative estimate of drug-likeness (QED) is 0.350. The average Bonchev–Trinajstić information content (AvgIpc) is 3.21. The predicted molar refractivity (Wildman–Crippen MR) is 126 cm³/mol. The number of anilines is 1. The maximum absolute atomic E-state index is 12.4. The van der Waals surface area contributed by atoms with Gasteiger partial charge in [-0.25, -0.2) is 9.78 Å². The van der Waals surface area contributed by atoms with E-state index < -0.39 is 0 Å². The standard InChI is InChI=1S/C25H28N4O2/c1-2-3-15-26-25(30)28-24-20-10-5-4-9-19(20)13-14-23(24)31-17-8-16-29-18-27-21-11-6-7-12-22(21)29/h4-7,9-14,18H,2-3,8,15-17H2,1H3,(H2,26,28,30). The van der Waals surface area contributed by atoms with Gasteiger partial charge in [0.15, 0.2) is 0 Å². The number of nitrogens with zero attached hydrogens (tertiary/aromatic N) is 2. The van der Waals surface area contributed by atoms with Gasteiger partial charge in [-0.15, -0.1) is 0 Å². The van der Waals surface area contributed by atoms with E-state index in [2.05, 4.69) is 33.2 Å². The number of amides is 2. The van der Waals surface area contributed by atoms with Crippen LogP contribution in [0.15, 0.2) is 67.0 Å². The molecule has 0 saturated heterocycles. The molecule has 2 amide bonds. The molecule has 0 unspecified atom stereocenters. The van der Waals surface area contributed by atoms with Gasteiger partial charge in [0.1, 0.15) is 5.75 Å². The second-order valence-corrected chi connectivity index (χ2v) is 7.52. The first-order valence-corrected chi connectivity index (χ1v) is 10.9. The zero-order valence-electron chi connectivity index (χ0n) is 17.8. The first-order chi connectivity index (χ1) is 15.3. The number of urea groups is 1. The lowest BCUT2D eigenvalue weighted by Crippen LogP contribution is -2.29. The van der Waals surface area contributed by atoms with Crippen molar-refractivity contribution in [2.45, 2.75) is 32.7 Å². The minimum Gasteiger partial charge on any atom is -0.491 e. The fourth-order valence-electron chi connectivity index (χ4n) is 3.64. The van der Waals surface area contributed by atoms with Crippen LogP contribution in [0.25, 0.3) is 21.8 Å². The normalized spacial score (nSPS) is 11.0. The van der Waals surface area contributed by atoms with E-state index in [9.17, 15) is 4.79 Å². The topological polar surface area (TPSA) is 68.2 Å².